The predicted molar refractivity (Wildman–Crippen MR) is 85.6 cm³/mol. The van der Waals surface area contributed by atoms with E-state index in [0.717, 1.165) is 11.4 Å². The molecule has 0 spiro atoms. The van der Waals surface area contributed by atoms with Gasteiger partial charge in [-0.15, -0.1) is 0 Å². The fourth-order valence-electron chi connectivity index (χ4n) is 2.04. The molecule has 1 N–H and O–H groups in total. The predicted octanol–water partition coefficient (Wildman–Crippen LogP) is 3.16. The van der Waals surface area contributed by atoms with E-state index in [-0.39, 0.29) is 0 Å². The number of pyridine rings is 1. The molecule has 110 valence electrons. The molecule has 0 saturated carbocycles. The molecule has 5 heteroatoms. The number of rotatable bonds is 5. The summed E-state index contributed by atoms with van der Waals surface area (Å²) in [5.41, 5.74) is 2.02. The molecule has 0 radical (unpaired) electrons. The van der Waals surface area contributed by atoms with Gasteiger partial charge < -0.3 is 10.1 Å². The van der Waals surface area contributed by atoms with Crippen LogP contribution in [0.2, 0.25) is 0 Å². The van der Waals surface area contributed by atoms with Crippen molar-refractivity contribution in [3.8, 4) is 17.1 Å². The van der Waals surface area contributed by atoms with Gasteiger partial charge in [-0.1, -0.05) is 30.3 Å². The first-order chi connectivity index (χ1) is 10.8. The lowest BCUT2D eigenvalue weighted by molar-refractivity contribution is 0.413. The van der Waals surface area contributed by atoms with E-state index in [1.165, 1.54) is 5.56 Å². The van der Waals surface area contributed by atoms with Crippen LogP contribution in [0.1, 0.15) is 5.56 Å². The Morgan fingerprint density at radius 2 is 1.95 bits per heavy atom. The van der Waals surface area contributed by atoms with Crippen molar-refractivity contribution in [1.29, 1.82) is 0 Å². The van der Waals surface area contributed by atoms with Crippen LogP contribution >= 0.6 is 0 Å². The van der Waals surface area contributed by atoms with Crippen molar-refractivity contribution in [1.82, 2.24) is 15.0 Å². The summed E-state index contributed by atoms with van der Waals surface area (Å²) in [5.74, 6) is 2.07. The highest BCUT2D eigenvalue weighted by Crippen LogP contribution is 2.20. The minimum absolute atomic E-state index is 0.615. The molecule has 0 aliphatic carbocycles. The summed E-state index contributed by atoms with van der Waals surface area (Å²) in [4.78, 5) is 12.9. The molecule has 22 heavy (non-hydrogen) atoms. The van der Waals surface area contributed by atoms with Crippen LogP contribution in [0.4, 0.5) is 5.82 Å². The van der Waals surface area contributed by atoms with Gasteiger partial charge in [0, 0.05) is 24.5 Å². The quantitative estimate of drug-likeness (QED) is 0.782. The molecular formula is C17H16N4O. The molecule has 3 rings (SSSR count). The summed E-state index contributed by atoms with van der Waals surface area (Å²) in [6.07, 6.45) is 5.11. The summed E-state index contributed by atoms with van der Waals surface area (Å²) in [7, 11) is 1.61. The Labute approximate surface area is 129 Å². The van der Waals surface area contributed by atoms with Crippen LogP contribution in [-0.4, -0.2) is 22.1 Å². The smallest absolute Gasteiger partial charge is 0.163 e. The minimum Gasteiger partial charge on any atom is -0.495 e. The molecule has 0 aliphatic heterocycles. The molecule has 2 aromatic heterocycles. The summed E-state index contributed by atoms with van der Waals surface area (Å²) >= 11 is 0. The third kappa shape index (κ3) is 3.38. The molecule has 2 heterocycles. The van der Waals surface area contributed by atoms with Gasteiger partial charge in [0.2, 0.25) is 0 Å². The van der Waals surface area contributed by atoms with Crippen molar-refractivity contribution >= 4 is 5.82 Å². The Morgan fingerprint density at radius 1 is 1.09 bits per heavy atom. The fraction of sp³-hybridized carbons (Fsp3) is 0.118. The third-order valence-electron chi connectivity index (χ3n) is 3.18. The van der Waals surface area contributed by atoms with Crippen molar-refractivity contribution in [2.75, 3.05) is 12.4 Å². The zero-order valence-corrected chi connectivity index (χ0v) is 12.2. The normalized spacial score (nSPS) is 10.2. The van der Waals surface area contributed by atoms with Crippen LogP contribution in [0, 0.1) is 0 Å². The van der Waals surface area contributed by atoms with Gasteiger partial charge in [0.1, 0.15) is 11.6 Å². The molecule has 1 aromatic carbocycles. The first-order valence-corrected chi connectivity index (χ1v) is 6.95. The van der Waals surface area contributed by atoms with Crippen LogP contribution in [-0.2, 0) is 6.54 Å². The highest BCUT2D eigenvalue weighted by atomic mass is 16.5. The lowest BCUT2D eigenvalue weighted by atomic mass is 10.2. The van der Waals surface area contributed by atoms with E-state index in [4.69, 9.17) is 4.74 Å². The first-order valence-electron chi connectivity index (χ1n) is 6.95. The van der Waals surface area contributed by atoms with Gasteiger partial charge in [0.05, 0.1) is 13.3 Å². The first kappa shape index (κ1) is 14.0. The molecule has 0 unspecified atom stereocenters. The van der Waals surface area contributed by atoms with Crippen molar-refractivity contribution in [3.05, 3.63) is 66.6 Å². The maximum Gasteiger partial charge on any atom is 0.163 e. The fourth-order valence-corrected chi connectivity index (χ4v) is 2.04. The van der Waals surface area contributed by atoms with E-state index in [2.05, 4.69) is 32.4 Å². The average Bonchev–Trinajstić information content (AvgIpc) is 2.61. The van der Waals surface area contributed by atoms with Crippen LogP contribution in [0.3, 0.4) is 0 Å². The number of hydrogen-bond donors (Lipinski definition) is 1. The monoisotopic (exact) mass is 292 g/mol. The van der Waals surface area contributed by atoms with Gasteiger partial charge in [0.25, 0.3) is 0 Å². The summed E-state index contributed by atoms with van der Waals surface area (Å²) in [5, 5.41) is 3.30. The van der Waals surface area contributed by atoms with Gasteiger partial charge in [-0.05, 0) is 17.7 Å². The number of methoxy groups -OCH3 is 1. The van der Waals surface area contributed by atoms with E-state index in [0.29, 0.717) is 18.1 Å². The molecule has 0 amide bonds. The molecule has 5 nitrogen and oxygen atoms in total. The third-order valence-corrected chi connectivity index (χ3v) is 3.18. The zero-order valence-electron chi connectivity index (χ0n) is 12.2. The summed E-state index contributed by atoms with van der Waals surface area (Å²) < 4.78 is 5.18. The van der Waals surface area contributed by atoms with Gasteiger partial charge in [-0.2, -0.15) is 0 Å². The van der Waals surface area contributed by atoms with Crippen molar-refractivity contribution in [2.45, 2.75) is 6.54 Å². The highest BCUT2D eigenvalue weighted by Gasteiger charge is 2.05. The lowest BCUT2D eigenvalue weighted by Gasteiger charge is -2.07. The molecule has 0 atom stereocenters. The maximum absolute atomic E-state index is 5.18. The summed E-state index contributed by atoms with van der Waals surface area (Å²) in [6.45, 7) is 0.716. The second-order valence-electron chi connectivity index (χ2n) is 4.72. The van der Waals surface area contributed by atoms with E-state index in [9.17, 15) is 0 Å². The van der Waals surface area contributed by atoms with E-state index < -0.39 is 0 Å². The zero-order chi connectivity index (χ0) is 15.2. The van der Waals surface area contributed by atoms with Crippen molar-refractivity contribution in [2.24, 2.45) is 0 Å². The highest BCUT2D eigenvalue weighted by molar-refractivity contribution is 5.57. The minimum atomic E-state index is 0.615. The van der Waals surface area contributed by atoms with Crippen LogP contribution < -0.4 is 10.1 Å². The van der Waals surface area contributed by atoms with E-state index >= 15 is 0 Å². The lowest BCUT2D eigenvalue weighted by Crippen LogP contribution is -2.02. The number of benzene rings is 1. The molecule has 0 aliphatic rings. The van der Waals surface area contributed by atoms with E-state index in [1.54, 1.807) is 25.7 Å². The molecule has 0 saturated heterocycles. The van der Waals surface area contributed by atoms with E-state index in [1.807, 2.05) is 30.3 Å². The van der Waals surface area contributed by atoms with Crippen molar-refractivity contribution in [3.63, 3.8) is 0 Å². The Kier molecular flexibility index (Phi) is 4.25. The topological polar surface area (TPSA) is 59.9 Å². The van der Waals surface area contributed by atoms with Crippen LogP contribution in [0.25, 0.3) is 11.4 Å². The maximum atomic E-state index is 5.18. The molecule has 0 fully saturated rings. The molecule has 0 bridgehead atoms. The largest absolute Gasteiger partial charge is 0.495 e. The Hall–Kier alpha value is -2.95. The molecular weight excluding hydrogens is 276 g/mol. The SMILES string of the molecule is COc1cncc(-c2nccc(NCc3ccccc3)n2)c1. The number of anilines is 1. The Balaban J connectivity index is 1.77. The van der Waals surface area contributed by atoms with Crippen LogP contribution in [0.5, 0.6) is 5.75 Å². The number of hydrogen-bond acceptors (Lipinski definition) is 5. The standard InChI is InChI=1S/C17H16N4O/c1-22-15-9-14(11-18-12-15)17-19-8-7-16(21-17)20-10-13-5-3-2-4-6-13/h2-9,11-12H,10H2,1H3,(H,19,20,21). The Bertz CT molecular complexity index is 746. The number of ether oxygens (including phenoxy) is 1. The Morgan fingerprint density at radius 3 is 2.77 bits per heavy atom. The number of nitrogens with one attached hydrogen (secondary N) is 1. The molecule has 3 aromatic rings. The summed E-state index contributed by atoms with van der Waals surface area (Å²) in [6, 6.07) is 13.9. The van der Waals surface area contributed by atoms with Crippen LogP contribution in [0.15, 0.2) is 61.1 Å². The second-order valence-corrected chi connectivity index (χ2v) is 4.72. The van der Waals surface area contributed by atoms with Gasteiger partial charge in [-0.3, -0.25) is 4.98 Å². The number of aromatic nitrogens is 3. The van der Waals surface area contributed by atoms with Gasteiger partial charge >= 0.3 is 0 Å². The second kappa shape index (κ2) is 6.67. The van der Waals surface area contributed by atoms with Crippen molar-refractivity contribution < 1.29 is 4.74 Å². The van der Waals surface area contributed by atoms with Gasteiger partial charge in [0.15, 0.2) is 5.82 Å². The average molecular weight is 292 g/mol. The number of nitrogens with zero attached hydrogens (tertiary/aromatic N) is 3. The van der Waals surface area contributed by atoms with Gasteiger partial charge in [-0.25, -0.2) is 9.97 Å².